The largest absolute Gasteiger partial charge is 0.456 e. The first-order valence-corrected chi connectivity index (χ1v) is 21.3. The van der Waals surface area contributed by atoms with Crippen LogP contribution >= 0.6 is 0 Å². The van der Waals surface area contributed by atoms with Gasteiger partial charge in [-0.1, -0.05) is 230 Å². The van der Waals surface area contributed by atoms with Crippen molar-refractivity contribution in [3.63, 3.8) is 0 Å². The van der Waals surface area contributed by atoms with Gasteiger partial charge in [0.2, 0.25) is 0 Å². The van der Waals surface area contributed by atoms with Gasteiger partial charge in [-0.15, -0.1) is 0 Å². The van der Waals surface area contributed by atoms with Crippen molar-refractivity contribution in [3.05, 3.63) is 253 Å². The summed E-state index contributed by atoms with van der Waals surface area (Å²) in [6.45, 7) is 6.44. The van der Waals surface area contributed by atoms with Crippen molar-refractivity contribution in [2.75, 3.05) is 0 Å². The van der Waals surface area contributed by atoms with E-state index in [4.69, 9.17) is 4.42 Å². The van der Waals surface area contributed by atoms with E-state index >= 15 is 0 Å². The normalized spacial score (nSPS) is 10.8. The van der Waals surface area contributed by atoms with Gasteiger partial charge in [0, 0.05) is 10.8 Å². The lowest BCUT2D eigenvalue weighted by atomic mass is 9.86. The number of fused-ring (bicyclic) bond motifs is 4. The summed E-state index contributed by atoms with van der Waals surface area (Å²) in [6.07, 6.45) is 0. The molecule has 0 amide bonds. The van der Waals surface area contributed by atoms with E-state index in [1.165, 1.54) is 88.5 Å². The Morgan fingerprint density at radius 1 is 0.290 bits per heavy atom. The molecule has 0 saturated carbocycles. The average Bonchev–Trinajstić information content (AvgIpc) is 3.72. The highest BCUT2D eigenvalue weighted by atomic mass is 16.3. The van der Waals surface area contributed by atoms with Crippen molar-refractivity contribution in [2.45, 2.75) is 20.8 Å². The summed E-state index contributed by atoms with van der Waals surface area (Å²) in [5, 5.41) is 4.94. The first kappa shape index (κ1) is 39.7. The lowest BCUT2D eigenvalue weighted by Gasteiger charge is -2.17. The Bertz CT molecular complexity index is 3210. The third kappa shape index (κ3) is 8.61. The standard InChI is InChI=1S/C31H22O.C17H14.C13H12/c1-21-19-24(22-11-4-2-5-12-22)20-27(30(21)23-13-6-3-7-14-23)25-16-10-18-29-31(25)26-15-8-9-17-28(26)32-29;1-13-9-11-15(12-10-13)17-8-4-6-14-5-2-3-7-16(14)17;1-11-7-9-13(10-8-11)12-5-3-2-4-6-12/h2-20H,1H3;2-12H,1H3;2-10H,1H3. The van der Waals surface area contributed by atoms with E-state index in [-0.39, 0.29) is 0 Å². The smallest absolute Gasteiger partial charge is 0.136 e. The Morgan fingerprint density at radius 3 is 1.42 bits per heavy atom. The maximum atomic E-state index is 6.21. The molecule has 62 heavy (non-hydrogen) atoms. The molecule has 0 aliphatic heterocycles. The van der Waals surface area contributed by atoms with Gasteiger partial charge in [0.25, 0.3) is 0 Å². The molecule has 0 fully saturated rings. The van der Waals surface area contributed by atoms with Gasteiger partial charge in [-0.25, -0.2) is 0 Å². The van der Waals surface area contributed by atoms with Crippen molar-refractivity contribution in [3.8, 4) is 55.6 Å². The summed E-state index contributed by atoms with van der Waals surface area (Å²) in [7, 11) is 0. The third-order valence-corrected chi connectivity index (χ3v) is 11.5. The number of hydrogen-bond acceptors (Lipinski definition) is 1. The quantitative estimate of drug-likeness (QED) is 0.169. The molecule has 0 bridgehead atoms. The zero-order chi connectivity index (χ0) is 42.3. The van der Waals surface area contributed by atoms with Gasteiger partial charge in [0.05, 0.1) is 0 Å². The van der Waals surface area contributed by atoms with E-state index in [9.17, 15) is 0 Å². The monoisotopic (exact) mass is 796 g/mol. The molecule has 0 spiro atoms. The van der Waals surface area contributed by atoms with Gasteiger partial charge in [-0.2, -0.15) is 0 Å². The van der Waals surface area contributed by atoms with E-state index in [2.05, 4.69) is 239 Å². The maximum absolute atomic E-state index is 6.21. The molecule has 11 rings (SSSR count). The minimum atomic E-state index is 0.922. The molecular formula is C61H48O. The summed E-state index contributed by atoms with van der Waals surface area (Å²) in [4.78, 5) is 0. The van der Waals surface area contributed by atoms with Crippen LogP contribution in [0.1, 0.15) is 16.7 Å². The summed E-state index contributed by atoms with van der Waals surface area (Å²) in [5.74, 6) is 0. The minimum absolute atomic E-state index is 0.922. The van der Waals surface area contributed by atoms with Crippen molar-refractivity contribution < 1.29 is 4.42 Å². The van der Waals surface area contributed by atoms with Gasteiger partial charge in [-0.3, -0.25) is 0 Å². The molecule has 10 aromatic carbocycles. The molecule has 1 heteroatoms. The van der Waals surface area contributed by atoms with Gasteiger partial charge >= 0.3 is 0 Å². The van der Waals surface area contributed by atoms with E-state index in [0.29, 0.717) is 0 Å². The van der Waals surface area contributed by atoms with Crippen LogP contribution in [0.5, 0.6) is 0 Å². The first-order valence-electron chi connectivity index (χ1n) is 21.3. The second-order valence-corrected chi connectivity index (χ2v) is 15.8. The van der Waals surface area contributed by atoms with Crippen LogP contribution in [0.3, 0.4) is 0 Å². The van der Waals surface area contributed by atoms with Gasteiger partial charge in [-0.05, 0) is 111 Å². The number of hydrogen-bond donors (Lipinski definition) is 0. The van der Waals surface area contributed by atoms with Crippen molar-refractivity contribution in [1.82, 2.24) is 0 Å². The first-order chi connectivity index (χ1) is 30.5. The molecule has 298 valence electrons. The highest BCUT2D eigenvalue weighted by molar-refractivity contribution is 6.14. The predicted molar refractivity (Wildman–Crippen MR) is 266 cm³/mol. The Hall–Kier alpha value is -7.74. The van der Waals surface area contributed by atoms with E-state index in [1.807, 2.05) is 18.2 Å². The molecule has 0 unspecified atom stereocenters. The zero-order valence-electron chi connectivity index (χ0n) is 35.4. The van der Waals surface area contributed by atoms with E-state index in [0.717, 1.165) is 16.6 Å². The molecule has 0 N–H and O–H groups in total. The summed E-state index contributed by atoms with van der Waals surface area (Å²) >= 11 is 0. The molecule has 1 aromatic heterocycles. The van der Waals surface area contributed by atoms with Crippen molar-refractivity contribution in [1.29, 1.82) is 0 Å². The Balaban J connectivity index is 0.000000136. The van der Waals surface area contributed by atoms with Crippen LogP contribution in [-0.2, 0) is 0 Å². The fraction of sp³-hybridized carbons (Fsp3) is 0.0492. The van der Waals surface area contributed by atoms with Crippen LogP contribution in [-0.4, -0.2) is 0 Å². The molecule has 11 aromatic rings. The molecule has 1 nitrogen and oxygen atoms in total. The second kappa shape index (κ2) is 18.3. The average molecular weight is 797 g/mol. The number of benzene rings is 10. The summed E-state index contributed by atoms with van der Waals surface area (Å²) in [6, 6.07) is 83.3. The molecule has 0 saturated heterocycles. The molecule has 0 atom stereocenters. The Labute approximate surface area is 365 Å². The van der Waals surface area contributed by atoms with E-state index in [1.54, 1.807) is 0 Å². The Morgan fingerprint density at radius 2 is 0.758 bits per heavy atom. The summed E-state index contributed by atoms with van der Waals surface area (Å²) < 4.78 is 6.21. The van der Waals surface area contributed by atoms with Crippen LogP contribution in [0.15, 0.2) is 241 Å². The SMILES string of the molecule is Cc1cc(-c2ccccc2)cc(-c2cccc3oc4ccccc4c23)c1-c1ccccc1.Cc1ccc(-c2cccc3ccccc23)cc1.Cc1ccc(-c2ccccc2)cc1. The molecule has 0 radical (unpaired) electrons. The fourth-order valence-corrected chi connectivity index (χ4v) is 8.37. The van der Waals surface area contributed by atoms with Gasteiger partial charge in [0.15, 0.2) is 0 Å². The number of aryl methyl sites for hydroxylation is 3. The van der Waals surface area contributed by atoms with Crippen molar-refractivity contribution >= 4 is 32.7 Å². The van der Waals surface area contributed by atoms with Crippen LogP contribution in [0.2, 0.25) is 0 Å². The van der Waals surface area contributed by atoms with Gasteiger partial charge in [0.1, 0.15) is 11.2 Å². The van der Waals surface area contributed by atoms with Crippen LogP contribution in [0, 0.1) is 20.8 Å². The number of rotatable bonds is 5. The molecule has 0 aliphatic rings. The molecule has 0 aliphatic carbocycles. The van der Waals surface area contributed by atoms with Gasteiger partial charge < -0.3 is 4.42 Å². The number of para-hydroxylation sites is 1. The topological polar surface area (TPSA) is 13.1 Å². The predicted octanol–water partition coefficient (Wildman–Crippen LogP) is 17.4. The highest BCUT2D eigenvalue weighted by Crippen LogP contribution is 2.43. The zero-order valence-corrected chi connectivity index (χ0v) is 35.4. The fourth-order valence-electron chi connectivity index (χ4n) is 8.37. The van der Waals surface area contributed by atoms with Crippen LogP contribution in [0.25, 0.3) is 88.3 Å². The lowest BCUT2D eigenvalue weighted by Crippen LogP contribution is -1.92. The molecule has 1 heterocycles. The summed E-state index contributed by atoms with van der Waals surface area (Å²) in [5.41, 5.74) is 18.2. The third-order valence-electron chi connectivity index (χ3n) is 11.5. The second-order valence-electron chi connectivity index (χ2n) is 15.8. The minimum Gasteiger partial charge on any atom is -0.456 e. The van der Waals surface area contributed by atoms with Crippen molar-refractivity contribution in [2.24, 2.45) is 0 Å². The maximum Gasteiger partial charge on any atom is 0.136 e. The highest BCUT2D eigenvalue weighted by Gasteiger charge is 2.18. The van der Waals surface area contributed by atoms with Crippen LogP contribution < -0.4 is 0 Å². The Kier molecular flexibility index (Phi) is 11.7. The van der Waals surface area contributed by atoms with Crippen LogP contribution in [0.4, 0.5) is 0 Å². The number of furan rings is 1. The van der Waals surface area contributed by atoms with E-state index < -0.39 is 0 Å². The molecular weight excluding hydrogens is 749 g/mol. The lowest BCUT2D eigenvalue weighted by molar-refractivity contribution is 0.669.